The van der Waals surface area contributed by atoms with Crippen LogP contribution in [-0.4, -0.2) is 39.3 Å². The van der Waals surface area contributed by atoms with Crippen LogP contribution in [-0.2, 0) is 9.59 Å². The van der Waals surface area contributed by atoms with Crippen molar-refractivity contribution in [3.8, 4) is 0 Å². The summed E-state index contributed by atoms with van der Waals surface area (Å²) in [7, 11) is 0. The number of aliphatic hydroxyl groups excluding tert-OH is 2. The molecule has 5 heteroatoms. The summed E-state index contributed by atoms with van der Waals surface area (Å²) in [5.41, 5.74) is -0.233. The Bertz CT molecular complexity index is 676. The fourth-order valence-corrected chi connectivity index (χ4v) is 8.53. The molecule has 164 valence electrons. The van der Waals surface area contributed by atoms with Gasteiger partial charge in [0.05, 0.1) is 12.2 Å². The van der Waals surface area contributed by atoms with Gasteiger partial charge in [0, 0.05) is 18.8 Å². The highest BCUT2D eigenvalue weighted by molar-refractivity contribution is 5.84. The average molecular weight is 407 g/mol. The first kappa shape index (κ1) is 21.3. The van der Waals surface area contributed by atoms with Crippen LogP contribution >= 0.6 is 0 Å². The van der Waals surface area contributed by atoms with Gasteiger partial charge >= 0.3 is 5.97 Å². The number of Topliss-reactive ketones (excluding diaryl/α,β-unsaturated/α-hetero) is 1. The number of hydrogen-bond donors (Lipinski definition) is 3. The van der Waals surface area contributed by atoms with Gasteiger partial charge in [-0.1, -0.05) is 20.8 Å². The van der Waals surface area contributed by atoms with Crippen LogP contribution in [0, 0.1) is 46.3 Å². The maximum atomic E-state index is 13.6. The van der Waals surface area contributed by atoms with Gasteiger partial charge in [-0.3, -0.25) is 9.59 Å². The summed E-state index contributed by atoms with van der Waals surface area (Å²) >= 11 is 0. The van der Waals surface area contributed by atoms with Crippen molar-refractivity contribution in [3.63, 3.8) is 0 Å². The molecule has 4 rings (SSSR count). The number of hydrogen-bond acceptors (Lipinski definition) is 4. The Labute approximate surface area is 174 Å². The SMILES string of the molecule is C[C@H](CCC(=O)O)[C@H]1CC[C@H]2[C@@H]3[C@H](O)C[C@@H]4C[C@H](O)CC[C@]4(C)[C@H]3C(=O)C[C@]12C. The number of aliphatic hydroxyl groups is 2. The molecule has 0 amide bonds. The molecule has 0 bridgehead atoms. The van der Waals surface area contributed by atoms with E-state index in [4.69, 9.17) is 5.11 Å². The molecule has 4 aliphatic carbocycles. The minimum absolute atomic E-state index is 0.0226. The number of fused-ring (bicyclic) bond motifs is 5. The maximum Gasteiger partial charge on any atom is 0.303 e. The fraction of sp³-hybridized carbons (Fsp3) is 0.917. The van der Waals surface area contributed by atoms with E-state index in [1.54, 1.807) is 0 Å². The number of carbonyl (C=O) groups excluding carboxylic acids is 1. The molecular weight excluding hydrogens is 368 g/mol. The Morgan fingerprint density at radius 2 is 1.86 bits per heavy atom. The molecule has 29 heavy (non-hydrogen) atoms. The van der Waals surface area contributed by atoms with Gasteiger partial charge in [-0.2, -0.15) is 0 Å². The highest BCUT2D eigenvalue weighted by atomic mass is 16.4. The molecule has 0 aromatic heterocycles. The zero-order valence-corrected chi connectivity index (χ0v) is 18.1. The molecule has 0 heterocycles. The molecule has 4 fully saturated rings. The van der Waals surface area contributed by atoms with E-state index in [1.165, 1.54) is 0 Å². The van der Waals surface area contributed by atoms with Crippen LogP contribution in [0.3, 0.4) is 0 Å². The Balaban J connectivity index is 1.62. The van der Waals surface area contributed by atoms with Crippen molar-refractivity contribution in [1.29, 1.82) is 0 Å². The minimum atomic E-state index is -0.752. The van der Waals surface area contributed by atoms with Crippen LogP contribution in [0.2, 0.25) is 0 Å². The summed E-state index contributed by atoms with van der Waals surface area (Å²) in [6, 6.07) is 0. The van der Waals surface area contributed by atoms with Crippen molar-refractivity contribution in [2.75, 3.05) is 0 Å². The molecule has 4 saturated carbocycles. The molecule has 5 nitrogen and oxygen atoms in total. The van der Waals surface area contributed by atoms with E-state index in [9.17, 15) is 19.8 Å². The van der Waals surface area contributed by atoms with Crippen LogP contribution in [0.1, 0.15) is 78.6 Å². The highest BCUT2D eigenvalue weighted by Crippen LogP contribution is 2.67. The topological polar surface area (TPSA) is 94.8 Å². The number of carboxylic acids is 1. The number of carboxylic acid groups (broad SMARTS) is 1. The lowest BCUT2D eigenvalue weighted by Crippen LogP contribution is -2.61. The molecule has 0 saturated heterocycles. The summed E-state index contributed by atoms with van der Waals surface area (Å²) < 4.78 is 0. The Morgan fingerprint density at radius 3 is 2.55 bits per heavy atom. The first-order chi connectivity index (χ1) is 13.6. The lowest BCUT2D eigenvalue weighted by molar-refractivity contribution is -0.183. The molecule has 0 aromatic carbocycles. The zero-order valence-electron chi connectivity index (χ0n) is 18.1. The number of ketones is 1. The third-order valence-corrected chi connectivity index (χ3v) is 9.92. The quantitative estimate of drug-likeness (QED) is 0.662. The Hall–Kier alpha value is -0.940. The van der Waals surface area contributed by atoms with Gasteiger partial charge in [-0.25, -0.2) is 0 Å². The lowest BCUT2D eigenvalue weighted by Gasteiger charge is -2.61. The van der Waals surface area contributed by atoms with Gasteiger partial charge in [0.1, 0.15) is 5.78 Å². The summed E-state index contributed by atoms with van der Waals surface area (Å²) in [6.45, 7) is 6.64. The predicted octanol–water partition coefficient (Wildman–Crippen LogP) is 3.66. The highest BCUT2D eigenvalue weighted by Gasteiger charge is 2.65. The van der Waals surface area contributed by atoms with Gasteiger partial charge < -0.3 is 15.3 Å². The molecule has 10 atom stereocenters. The zero-order chi connectivity index (χ0) is 21.1. The molecule has 0 aromatic rings. The summed E-state index contributed by atoms with van der Waals surface area (Å²) in [5, 5.41) is 30.5. The van der Waals surface area contributed by atoms with E-state index in [0.29, 0.717) is 43.3 Å². The van der Waals surface area contributed by atoms with E-state index in [0.717, 1.165) is 25.7 Å². The predicted molar refractivity (Wildman–Crippen MR) is 109 cm³/mol. The standard InChI is InChI=1S/C24H38O5/c1-13(4-7-20(28)29)16-5-6-17-21-18(26)11-14-10-15(25)8-9-23(14,2)22(21)19(27)12-24(16,17)3/h13-18,21-22,25-26H,4-12H2,1-3H3,(H,28,29)/t13-,14+,15-,16-,17+,18-,21-,22+,23+,24-/m1/s1. The van der Waals surface area contributed by atoms with Gasteiger partial charge in [0.25, 0.3) is 0 Å². The van der Waals surface area contributed by atoms with Crippen LogP contribution in [0.5, 0.6) is 0 Å². The van der Waals surface area contributed by atoms with Crippen LogP contribution in [0.15, 0.2) is 0 Å². The smallest absolute Gasteiger partial charge is 0.303 e. The largest absolute Gasteiger partial charge is 0.481 e. The van der Waals surface area contributed by atoms with Crippen LogP contribution in [0.25, 0.3) is 0 Å². The van der Waals surface area contributed by atoms with Gasteiger partial charge in [0.2, 0.25) is 0 Å². The number of aliphatic carboxylic acids is 1. The van der Waals surface area contributed by atoms with Crippen molar-refractivity contribution in [3.05, 3.63) is 0 Å². The van der Waals surface area contributed by atoms with Gasteiger partial charge in [0.15, 0.2) is 0 Å². The first-order valence-electron chi connectivity index (χ1n) is 11.7. The Kier molecular flexibility index (Phi) is 5.39. The van der Waals surface area contributed by atoms with Crippen molar-refractivity contribution in [2.24, 2.45) is 46.3 Å². The van der Waals surface area contributed by atoms with Crippen molar-refractivity contribution < 1.29 is 24.9 Å². The third kappa shape index (κ3) is 3.27. The van der Waals surface area contributed by atoms with Crippen molar-refractivity contribution in [1.82, 2.24) is 0 Å². The van der Waals surface area contributed by atoms with Crippen LogP contribution in [0.4, 0.5) is 0 Å². The fourth-order valence-electron chi connectivity index (χ4n) is 8.53. The van der Waals surface area contributed by atoms with Crippen molar-refractivity contribution in [2.45, 2.75) is 90.8 Å². The van der Waals surface area contributed by atoms with Crippen LogP contribution < -0.4 is 0 Å². The summed E-state index contributed by atoms with van der Waals surface area (Å²) in [6.07, 6.45) is 5.76. The van der Waals surface area contributed by atoms with E-state index in [1.807, 2.05) is 0 Å². The summed E-state index contributed by atoms with van der Waals surface area (Å²) in [5.74, 6) is 0.683. The number of rotatable bonds is 4. The van der Waals surface area contributed by atoms with Gasteiger partial charge in [-0.05, 0) is 85.4 Å². The molecule has 0 aliphatic heterocycles. The maximum absolute atomic E-state index is 13.6. The monoisotopic (exact) mass is 406 g/mol. The first-order valence-corrected chi connectivity index (χ1v) is 11.7. The normalized spacial score (nSPS) is 50.4. The van der Waals surface area contributed by atoms with E-state index < -0.39 is 12.1 Å². The van der Waals surface area contributed by atoms with E-state index >= 15 is 0 Å². The molecule has 0 unspecified atom stereocenters. The number of carbonyl (C=O) groups is 2. The lowest BCUT2D eigenvalue weighted by atomic mass is 9.43. The molecular formula is C24H38O5. The minimum Gasteiger partial charge on any atom is -0.481 e. The van der Waals surface area contributed by atoms with E-state index in [-0.39, 0.29) is 47.0 Å². The second kappa shape index (κ2) is 7.33. The second-order valence-electron chi connectivity index (χ2n) is 11.3. The Morgan fingerprint density at radius 1 is 1.14 bits per heavy atom. The summed E-state index contributed by atoms with van der Waals surface area (Å²) in [4.78, 5) is 24.7. The third-order valence-electron chi connectivity index (χ3n) is 9.92. The van der Waals surface area contributed by atoms with E-state index in [2.05, 4.69) is 20.8 Å². The molecule has 0 spiro atoms. The second-order valence-corrected chi connectivity index (χ2v) is 11.3. The molecule has 4 aliphatic rings. The molecule has 3 N–H and O–H groups in total. The van der Waals surface area contributed by atoms with Crippen molar-refractivity contribution >= 4 is 11.8 Å². The van der Waals surface area contributed by atoms with Gasteiger partial charge in [-0.15, -0.1) is 0 Å². The average Bonchev–Trinajstić information content (AvgIpc) is 2.97. The molecule has 0 radical (unpaired) electrons.